The SMILES string of the molecule is Cc1c(C(N)=O)cc(C(=O)CN2CCN(C(=O)c3ccc(N(C)C)cc3)CC2)n1Cc1ccccc1F. The average molecular weight is 506 g/mol. The van der Waals surface area contributed by atoms with Crippen LogP contribution in [0, 0.1) is 12.7 Å². The Morgan fingerprint density at radius 2 is 1.62 bits per heavy atom. The highest BCUT2D eigenvalue weighted by molar-refractivity contribution is 6.01. The van der Waals surface area contributed by atoms with E-state index in [4.69, 9.17) is 5.73 Å². The Morgan fingerprint density at radius 3 is 2.22 bits per heavy atom. The van der Waals surface area contributed by atoms with Crippen molar-refractivity contribution in [1.82, 2.24) is 14.4 Å². The molecule has 0 bridgehead atoms. The molecule has 9 heteroatoms. The second-order valence-corrected chi connectivity index (χ2v) is 9.50. The molecular weight excluding hydrogens is 473 g/mol. The maximum absolute atomic E-state index is 14.3. The lowest BCUT2D eigenvalue weighted by Crippen LogP contribution is -2.50. The van der Waals surface area contributed by atoms with Gasteiger partial charge in [0, 0.05) is 62.8 Å². The average Bonchev–Trinajstić information content (AvgIpc) is 3.21. The number of halogens is 1. The normalized spacial score (nSPS) is 14.0. The number of primary amides is 1. The van der Waals surface area contributed by atoms with Crippen LogP contribution in [-0.2, 0) is 6.54 Å². The van der Waals surface area contributed by atoms with E-state index in [9.17, 15) is 18.8 Å². The van der Waals surface area contributed by atoms with E-state index in [0.29, 0.717) is 48.7 Å². The number of nitrogens with zero attached hydrogens (tertiary/aromatic N) is 4. The zero-order valence-electron chi connectivity index (χ0n) is 21.4. The van der Waals surface area contributed by atoms with Gasteiger partial charge in [0.05, 0.1) is 24.3 Å². The van der Waals surface area contributed by atoms with Crippen LogP contribution in [0.1, 0.15) is 42.5 Å². The molecule has 2 aromatic carbocycles. The lowest BCUT2D eigenvalue weighted by Gasteiger charge is -2.34. The Bertz CT molecular complexity index is 1310. The van der Waals surface area contributed by atoms with E-state index < -0.39 is 5.91 Å². The van der Waals surface area contributed by atoms with Crippen molar-refractivity contribution in [3.05, 3.63) is 88.5 Å². The molecule has 0 aliphatic carbocycles. The van der Waals surface area contributed by atoms with Crippen molar-refractivity contribution in [1.29, 1.82) is 0 Å². The molecule has 37 heavy (non-hydrogen) atoms. The number of carbonyl (C=O) groups is 3. The molecule has 2 amide bonds. The van der Waals surface area contributed by atoms with E-state index in [0.717, 1.165) is 5.69 Å². The maximum atomic E-state index is 14.3. The third-order valence-electron chi connectivity index (χ3n) is 6.86. The van der Waals surface area contributed by atoms with E-state index >= 15 is 0 Å². The molecule has 1 aliphatic rings. The van der Waals surface area contributed by atoms with E-state index in [1.807, 2.05) is 48.2 Å². The van der Waals surface area contributed by atoms with Crippen LogP contribution in [0.4, 0.5) is 10.1 Å². The Hall–Kier alpha value is -3.98. The zero-order valence-corrected chi connectivity index (χ0v) is 21.4. The number of carbonyl (C=O) groups excluding carboxylic acids is 3. The predicted molar refractivity (Wildman–Crippen MR) is 141 cm³/mol. The Kier molecular flexibility index (Phi) is 7.73. The summed E-state index contributed by atoms with van der Waals surface area (Å²) < 4.78 is 16.0. The van der Waals surface area contributed by atoms with Crippen LogP contribution in [-0.4, -0.2) is 78.8 Å². The fraction of sp³-hybridized carbons (Fsp3) is 0.321. The smallest absolute Gasteiger partial charge is 0.253 e. The van der Waals surface area contributed by atoms with E-state index in [-0.39, 0.29) is 36.2 Å². The highest BCUT2D eigenvalue weighted by atomic mass is 19.1. The Balaban J connectivity index is 1.43. The van der Waals surface area contributed by atoms with Gasteiger partial charge in [-0.1, -0.05) is 18.2 Å². The number of rotatable bonds is 8. The minimum Gasteiger partial charge on any atom is -0.378 e. The molecule has 0 radical (unpaired) electrons. The maximum Gasteiger partial charge on any atom is 0.253 e. The van der Waals surface area contributed by atoms with Gasteiger partial charge in [-0.3, -0.25) is 19.3 Å². The molecule has 2 N–H and O–H groups in total. The second-order valence-electron chi connectivity index (χ2n) is 9.50. The minimum absolute atomic E-state index is 0.0308. The molecule has 2 heterocycles. The summed E-state index contributed by atoms with van der Waals surface area (Å²) in [6.45, 7) is 4.03. The van der Waals surface area contributed by atoms with Crippen molar-refractivity contribution < 1.29 is 18.8 Å². The van der Waals surface area contributed by atoms with Crippen LogP contribution in [0.5, 0.6) is 0 Å². The monoisotopic (exact) mass is 505 g/mol. The Labute approximate surface area is 216 Å². The molecule has 1 aliphatic heterocycles. The third kappa shape index (κ3) is 5.72. The number of aromatic nitrogens is 1. The first-order chi connectivity index (χ1) is 17.7. The summed E-state index contributed by atoms with van der Waals surface area (Å²) >= 11 is 0. The van der Waals surface area contributed by atoms with Gasteiger partial charge in [0.25, 0.3) is 11.8 Å². The largest absolute Gasteiger partial charge is 0.378 e. The quantitative estimate of drug-likeness (QED) is 0.476. The molecule has 0 unspecified atom stereocenters. The summed E-state index contributed by atoms with van der Waals surface area (Å²) in [5.74, 6) is -1.24. The zero-order chi connectivity index (χ0) is 26.7. The topological polar surface area (TPSA) is 91.9 Å². The van der Waals surface area contributed by atoms with Crippen LogP contribution in [0.25, 0.3) is 0 Å². The molecule has 0 saturated carbocycles. The standard InChI is InChI=1S/C28H32FN5O3/c1-19-23(27(30)36)16-25(34(19)17-21-6-4-5-7-24(21)29)26(35)18-32-12-14-33(15-13-32)28(37)20-8-10-22(11-9-20)31(2)3/h4-11,16H,12-15,17-18H2,1-3H3,(H2,30,36). The summed E-state index contributed by atoms with van der Waals surface area (Å²) in [6, 6.07) is 15.3. The van der Waals surface area contributed by atoms with Crippen LogP contribution in [0.2, 0.25) is 0 Å². The van der Waals surface area contributed by atoms with Gasteiger partial charge in [-0.2, -0.15) is 0 Å². The van der Waals surface area contributed by atoms with Gasteiger partial charge >= 0.3 is 0 Å². The van der Waals surface area contributed by atoms with E-state index in [1.54, 1.807) is 34.6 Å². The number of anilines is 1. The van der Waals surface area contributed by atoms with Gasteiger partial charge in [-0.15, -0.1) is 0 Å². The molecule has 1 aromatic heterocycles. The van der Waals surface area contributed by atoms with Crippen molar-refractivity contribution in [3.63, 3.8) is 0 Å². The molecule has 1 fully saturated rings. The summed E-state index contributed by atoms with van der Waals surface area (Å²) in [5.41, 5.74) is 8.68. The van der Waals surface area contributed by atoms with Gasteiger partial charge in [-0.05, 0) is 43.3 Å². The number of Topliss-reactive ketones (excluding diaryl/α,β-unsaturated/α-hetero) is 1. The van der Waals surface area contributed by atoms with E-state index in [1.165, 1.54) is 12.1 Å². The van der Waals surface area contributed by atoms with Gasteiger partial charge in [-0.25, -0.2) is 4.39 Å². The highest BCUT2D eigenvalue weighted by Crippen LogP contribution is 2.20. The van der Waals surface area contributed by atoms with Gasteiger partial charge < -0.3 is 20.1 Å². The molecule has 8 nitrogen and oxygen atoms in total. The lowest BCUT2D eigenvalue weighted by molar-refractivity contribution is 0.0623. The number of hydrogen-bond acceptors (Lipinski definition) is 5. The number of amides is 2. The third-order valence-corrected chi connectivity index (χ3v) is 6.86. The van der Waals surface area contributed by atoms with E-state index in [2.05, 4.69) is 0 Å². The van der Waals surface area contributed by atoms with Crippen molar-refractivity contribution in [2.45, 2.75) is 13.5 Å². The number of hydrogen-bond donors (Lipinski definition) is 1. The van der Waals surface area contributed by atoms with Crippen LogP contribution in [0.15, 0.2) is 54.6 Å². The fourth-order valence-corrected chi connectivity index (χ4v) is 4.60. The Morgan fingerprint density at radius 1 is 0.973 bits per heavy atom. The van der Waals surface area contributed by atoms with Gasteiger partial charge in [0.15, 0.2) is 5.78 Å². The van der Waals surface area contributed by atoms with Crippen molar-refractivity contribution >= 4 is 23.3 Å². The van der Waals surface area contributed by atoms with Crippen LogP contribution >= 0.6 is 0 Å². The van der Waals surface area contributed by atoms with Crippen molar-refractivity contribution in [3.8, 4) is 0 Å². The summed E-state index contributed by atoms with van der Waals surface area (Å²) in [5, 5.41) is 0. The minimum atomic E-state index is -0.635. The molecule has 4 rings (SSSR count). The summed E-state index contributed by atoms with van der Waals surface area (Å²) in [4.78, 5) is 44.0. The molecule has 3 aromatic rings. The second kappa shape index (κ2) is 11.0. The number of benzene rings is 2. The highest BCUT2D eigenvalue weighted by Gasteiger charge is 2.26. The van der Waals surface area contributed by atoms with Gasteiger partial charge in [0.2, 0.25) is 0 Å². The first-order valence-electron chi connectivity index (χ1n) is 12.2. The molecular formula is C28H32FN5O3. The predicted octanol–water partition coefficient (Wildman–Crippen LogP) is 2.79. The molecule has 0 atom stereocenters. The number of nitrogens with two attached hydrogens (primary N) is 1. The summed E-state index contributed by atoms with van der Waals surface area (Å²) in [7, 11) is 3.90. The van der Waals surface area contributed by atoms with Crippen LogP contribution in [0.3, 0.4) is 0 Å². The van der Waals surface area contributed by atoms with Crippen LogP contribution < -0.4 is 10.6 Å². The fourth-order valence-electron chi connectivity index (χ4n) is 4.60. The molecule has 194 valence electrons. The number of piperazine rings is 1. The number of ketones is 1. The molecule has 0 spiro atoms. The first-order valence-corrected chi connectivity index (χ1v) is 12.2. The van der Waals surface area contributed by atoms with Crippen molar-refractivity contribution in [2.75, 3.05) is 51.7 Å². The van der Waals surface area contributed by atoms with Gasteiger partial charge in [0.1, 0.15) is 5.82 Å². The summed E-state index contributed by atoms with van der Waals surface area (Å²) in [6.07, 6.45) is 0. The lowest BCUT2D eigenvalue weighted by atomic mass is 10.1. The first kappa shape index (κ1) is 26.1. The molecule has 1 saturated heterocycles. The van der Waals surface area contributed by atoms with Crippen molar-refractivity contribution in [2.24, 2.45) is 5.73 Å².